The van der Waals surface area contributed by atoms with E-state index in [1.165, 1.54) is 5.56 Å². The number of nitrogens with two attached hydrogens (primary N) is 1. The van der Waals surface area contributed by atoms with E-state index < -0.39 is 0 Å². The largest absolute Gasteiger partial charge is 0.389 e. The van der Waals surface area contributed by atoms with Gasteiger partial charge in [-0.05, 0) is 32.5 Å². The van der Waals surface area contributed by atoms with Gasteiger partial charge in [-0.1, -0.05) is 30.4 Å². The van der Waals surface area contributed by atoms with E-state index in [0.29, 0.717) is 4.99 Å². The van der Waals surface area contributed by atoms with Crippen LogP contribution in [-0.4, -0.2) is 36.2 Å². The summed E-state index contributed by atoms with van der Waals surface area (Å²) in [5.74, 6) is 0. The summed E-state index contributed by atoms with van der Waals surface area (Å²) in [5, 5.41) is 0. The fourth-order valence-corrected chi connectivity index (χ4v) is 1.78. The molecule has 0 aliphatic heterocycles. The highest BCUT2D eigenvalue weighted by Gasteiger charge is 2.03. The molecule has 0 amide bonds. The molecule has 0 aromatic heterocycles. The molecule has 0 unspecified atom stereocenters. The number of likely N-dealkylation sites (N-methyl/N-ethyl adjacent to an activating group) is 1. The molecule has 0 aliphatic rings. The number of benzene rings is 1. The summed E-state index contributed by atoms with van der Waals surface area (Å²) in [5.41, 5.74) is 7.77. The molecule has 0 saturated carbocycles. The first kappa shape index (κ1) is 15.1. The lowest BCUT2D eigenvalue weighted by molar-refractivity contribution is 0.0627. The van der Waals surface area contributed by atoms with Gasteiger partial charge in [-0.2, -0.15) is 0 Å². The fraction of sp³-hybridized carbons (Fsp3) is 0.500. The Morgan fingerprint density at radius 3 is 2.78 bits per heavy atom. The fourth-order valence-electron chi connectivity index (χ4n) is 1.66. The van der Waals surface area contributed by atoms with Gasteiger partial charge in [0.05, 0.1) is 12.7 Å². The third kappa shape index (κ3) is 5.58. The van der Waals surface area contributed by atoms with Crippen molar-refractivity contribution in [1.29, 1.82) is 0 Å². The molecule has 0 saturated heterocycles. The summed E-state index contributed by atoms with van der Waals surface area (Å²) in [6.45, 7) is 6.63. The highest BCUT2D eigenvalue weighted by Crippen LogP contribution is 2.07. The van der Waals surface area contributed by atoms with Crippen molar-refractivity contribution < 1.29 is 4.74 Å². The van der Waals surface area contributed by atoms with Gasteiger partial charge in [0.2, 0.25) is 0 Å². The van der Waals surface area contributed by atoms with Gasteiger partial charge in [0.15, 0.2) is 0 Å². The van der Waals surface area contributed by atoms with E-state index in [4.69, 9.17) is 22.7 Å². The number of thiocarbonyl (C=S) groups is 1. The maximum atomic E-state index is 5.62. The normalized spacial score (nSPS) is 11.2. The van der Waals surface area contributed by atoms with Crippen molar-refractivity contribution in [3.63, 3.8) is 0 Å². The van der Waals surface area contributed by atoms with E-state index in [-0.39, 0.29) is 6.10 Å². The minimum atomic E-state index is 0.288. The average molecular weight is 266 g/mol. The lowest BCUT2D eigenvalue weighted by Crippen LogP contribution is -2.24. The molecular formula is C14H22N2OS. The van der Waals surface area contributed by atoms with Crippen LogP contribution in [0.25, 0.3) is 0 Å². The molecular weight excluding hydrogens is 244 g/mol. The van der Waals surface area contributed by atoms with Crippen molar-refractivity contribution in [3.8, 4) is 0 Å². The van der Waals surface area contributed by atoms with Crippen LogP contribution in [0.4, 0.5) is 0 Å². The molecule has 0 radical (unpaired) electrons. The molecule has 3 nitrogen and oxygen atoms in total. The van der Waals surface area contributed by atoms with Crippen LogP contribution in [-0.2, 0) is 11.3 Å². The van der Waals surface area contributed by atoms with Gasteiger partial charge in [0, 0.05) is 18.7 Å². The molecule has 0 aliphatic carbocycles. The van der Waals surface area contributed by atoms with Gasteiger partial charge in [0.1, 0.15) is 4.99 Å². The maximum absolute atomic E-state index is 5.62. The smallest absolute Gasteiger partial charge is 0.103 e. The maximum Gasteiger partial charge on any atom is 0.103 e. The van der Waals surface area contributed by atoms with Crippen molar-refractivity contribution in [3.05, 3.63) is 35.4 Å². The van der Waals surface area contributed by atoms with Crippen LogP contribution in [0.2, 0.25) is 0 Å². The predicted molar refractivity (Wildman–Crippen MR) is 79.8 cm³/mol. The zero-order valence-corrected chi connectivity index (χ0v) is 12.2. The molecule has 1 rings (SSSR count). The Bertz CT molecular complexity index is 393. The predicted octanol–water partition coefficient (Wildman–Crippen LogP) is 2.18. The zero-order valence-electron chi connectivity index (χ0n) is 11.3. The molecule has 2 N–H and O–H groups in total. The number of nitrogens with zero attached hydrogens (tertiary/aromatic N) is 1. The van der Waals surface area contributed by atoms with Crippen LogP contribution >= 0.6 is 12.2 Å². The van der Waals surface area contributed by atoms with Gasteiger partial charge in [0.25, 0.3) is 0 Å². The lowest BCUT2D eigenvalue weighted by Gasteiger charge is -2.18. The molecule has 1 aromatic rings. The monoisotopic (exact) mass is 266 g/mol. The first-order valence-electron chi connectivity index (χ1n) is 6.18. The summed E-state index contributed by atoms with van der Waals surface area (Å²) in [6, 6.07) is 8.06. The number of hydrogen-bond acceptors (Lipinski definition) is 3. The van der Waals surface area contributed by atoms with Gasteiger partial charge in [-0.15, -0.1) is 0 Å². The van der Waals surface area contributed by atoms with E-state index in [9.17, 15) is 0 Å². The van der Waals surface area contributed by atoms with E-state index in [1.54, 1.807) is 0 Å². The van der Waals surface area contributed by atoms with Crippen LogP contribution in [0.15, 0.2) is 24.3 Å². The number of rotatable bonds is 7. The van der Waals surface area contributed by atoms with Crippen molar-refractivity contribution in [2.24, 2.45) is 5.73 Å². The van der Waals surface area contributed by atoms with E-state index in [1.807, 2.05) is 32.0 Å². The number of ether oxygens (including phenoxy) is 1. The van der Waals surface area contributed by atoms with E-state index in [2.05, 4.69) is 18.0 Å². The second-order valence-electron chi connectivity index (χ2n) is 4.72. The average Bonchev–Trinajstić information content (AvgIpc) is 2.28. The Balaban J connectivity index is 2.46. The van der Waals surface area contributed by atoms with Crippen LogP contribution < -0.4 is 5.73 Å². The van der Waals surface area contributed by atoms with Gasteiger partial charge in [-0.3, -0.25) is 4.90 Å². The second-order valence-corrected chi connectivity index (χ2v) is 5.16. The molecule has 0 bridgehead atoms. The summed E-state index contributed by atoms with van der Waals surface area (Å²) >= 11 is 4.98. The van der Waals surface area contributed by atoms with Crippen LogP contribution in [0.1, 0.15) is 25.0 Å². The first-order chi connectivity index (χ1) is 8.49. The summed E-state index contributed by atoms with van der Waals surface area (Å²) in [6.07, 6.45) is 0.288. The molecule has 100 valence electrons. The summed E-state index contributed by atoms with van der Waals surface area (Å²) < 4.78 is 5.53. The Morgan fingerprint density at radius 2 is 2.17 bits per heavy atom. The minimum Gasteiger partial charge on any atom is -0.389 e. The molecule has 0 fully saturated rings. The highest BCUT2D eigenvalue weighted by atomic mass is 32.1. The number of hydrogen-bond donors (Lipinski definition) is 1. The Labute approximate surface area is 115 Å². The second kappa shape index (κ2) is 7.46. The Hall–Kier alpha value is -0.970. The quantitative estimate of drug-likeness (QED) is 0.768. The van der Waals surface area contributed by atoms with Crippen LogP contribution in [0, 0.1) is 0 Å². The van der Waals surface area contributed by atoms with E-state index in [0.717, 1.165) is 25.3 Å². The van der Waals surface area contributed by atoms with Crippen molar-refractivity contribution in [2.45, 2.75) is 26.5 Å². The first-order valence-corrected chi connectivity index (χ1v) is 6.58. The topological polar surface area (TPSA) is 38.5 Å². The Morgan fingerprint density at radius 1 is 1.44 bits per heavy atom. The molecule has 0 heterocycles. The third-order valence-electron chi connectivity index (χ3n) is 2.59. The van der Waals surface area contributed by atoms with E-state index >= 15 is 0 Å². The third-order valence-corrected chi connectivity index (χ3v) is 2.82. The van der Waals surface area contributed by atoms with Crippen LogP contribution in [0.5, 0.6) is 0 Å². The van der Waals surface area contributed by atoms with Gasteiger partial charge >= 0.3 is 0 Å². The van der Waals surface area contributed by atoms with Gasteiger partial charge < -0.3 is 10.5 Å². The molecule has 18 heavy (non-hydrogen) atoms. The SMILES string of the molecule is CC(C)OCCN(C)Cc1cccc(C(N)=S)c1. The highest BCUT2D eigenvalue weighted by molar-refractivity contribution is 7.80. The Kier molecular flexibility index (Phi) is 6.25. The zero-order chi connectivity index (χ0) is 13.5. The molecule has 4 heteroatoms. The summed E-state index contributed by atoms with van der Waals surface area (Å²) in [4.78, 5) is 2.67. The molecule has 0 atom stereocenters. The van der Waals surface area contributed by atoms with Crippen molar-refractivity contribution >= 4 is 17.2 Å². The van der Waals surface area contributed by atoms with Crippen molar-refractivity contribution in [2.75, 3.05) is 20.2 Å². The molecule has 0 spiro atoms. The molecule has 1 aromatic carbocycles. The minimum absolute atomic E-state index is 0.288. The van der Waals surface area contributed by atoms with Gasteiger partial charge in [-0.25, -0.2) is 0 Å². The standard InChI is InChI=1S/C14H22N2OS/c1-11(2)17-8-7-16(3)10-12-5-4-6-13(9-12)14(15)18/h4-6,9,11H,7-8,10H2,1-3H3,(H2,15,18). The van der Waals surface area contributed by atoms with Crippen LogP contribution in [0.3, 0.4) is 0 Å². The van der Waals surface area contributed by atoms with Crippen molar-refractivity contribution in [1.82, 2.24) is 4.90 Å². The lowest BCUT2D eigenvalue weighted by atomic mass is 10.1. The summed E-state index contributed by atoms with van der Waals surface area (Å²) in [7, 11) is 2.08.